The maximum Gasteiger partial charge on any atom is 0.326 e. The first-order chi connectivity index (χ1) is 8.62. The molecule has 1 atom stereocenters. The number of carbonyl (C=O) groups is 2. The number of hydrogen-bond acceptors (Lipinski definition) is 3. The summed E-state index contributed by atoms with van der Waals surface area (Å²) >= 11 is 0. The maximum atomic E-state index is 12.8. The molecule has 1 aliphatic rings. The second kappa shape index (κ2) is 5.81. The van der Waals surface area contributed by atoms with Crippen LogP contribution in [0.3, 0.4) is 0 Å². The first-order valence-electron chi connectivity index (χ1n) is 6.22. The smallest absolute Gasteiger partial charge is 0.326 e. The maximum absolute atomic E-state index is 12.8. The van der Waals surface area contributed by atoms with Gasteiger partial charge in [0.05, 0.1) is 6.54 Å². The molecule has 1 unspecified atom stereocenters. The molecule has 5 nitrogen and oxygen atoms in total. The van der Waals surface area contributed by atoms with Crippen LogP contribution in [0.25, 0.3) is 0 Å². The number of likely N-dealkylation sites (N-methyl/N-ethyl adjacent to an activating group) is 1. The van der Waals surface area contributed by atoms with Crippen LogP contribution in [0.4, 0.5) is 8.78 Å². The summed E-state index contributed by atoms with van der Waals surface area (Å²) < 4.78 is 25.5. The monoisotopic (exact) mass is 278 g/mol. The van der Waals surface area contributed by atoms with Crippen molar-refractivity contribution in [3.05, 3.63) is 0 Å². The van der Waals surface area contributed by atoms with Crippen LogP contribution in [0, 0.1) is 5.92 Å². The van der Waals surface area contributed by atoms with Crippen LogP contribution in [-0.4, -0.2) is 53.5 Å². The Morgan fingerprint density at radius 1 is 1.42 bits per heavy atom. The first kappa shape index (κ1) is 15.8. The van der Waals surface area contributed by atoms with E-state index >= 15 is 0 Å². The fourth-order valence-corrected chi connectivity index (χ4v) is 1.95. The third-order valence-corrected chi connectivity index (χ3v) is 3.45. The van der Waals surface area contributed by atoms with Gasteiger partial charge in [-0.3, -0.25) is 9.69 Å². The number of alkyl halides is 2. The van der Waals surface area contributed by atoms with Crippen molar-refractivity contribution in [2.24, 2.45) is 5.92 Å². The Balaban J connectivity index is 2.51. The molecule has 1 fully saturated rings. The van der Waals surface area contributed by atoms with Gasteiger partial charge in [-0.1, -0.05) is 0 Å². The van der Waals surface area contributed by atoms with E-state index in [0.717, 1.165) is 0 Å². The summed E-state index contributed by atoms with van der Waals surface area (Å²) in [6.45, 7) is 3.84. The predicted octanol–water partition coefficient (Wildman–Crippen LogP) is 0.941. The van der Waals surface area contributed by atoms with Gasteiger partial charge < -0.3 is 10.4 Å². The average molecular weight is 278 g/mol. The van der Waals surface area contributed by atoms with Gasteiger partial charge in [-0.05, 0) is 20.9 Å². The number of rotatable bonds is 6. The van der Waals surface area contributed by atoms with Crippen LogP contribution in [0.1, 0.15) is 26.7 Å². The lowest BCUT2D eigenvalue weighted by Gasteiger charge is -2.38. The SMILES string of the molecule is CC(C)N(C)CC(=O)NC(C(=O)O)C1CC(F)(F)C1. The summed E-state index contributed by atoms with van der Waals surface area (Å²) in [7, 11) is 1.73. The van der Waals surface area contributed by atoms with Crippen molar-refractivity contribution in [2.45, 2.75) is 44.7 Å². The molecule has 1 rings (SSSR count). The summed E-state index contributed by atoms with van der Waals surface area (Å²) in [6.07, 6.45) is -0.964. The fourth-order valence-electron chi connectivity index (χ4n) is 1.95. The van der Waals surface area contributed by atoms with Crippen LogP contribution in [0.5, 0.6) is 0 Å². The topological polar surface area (TPSA) is 69.6 Å². The van der Waals surface area contributed by atoms with Gasteiger partial charge in [-0.2, -0.15) is 0 Å². The van der Waals surface area contributed by atoms with Gasteiger partial charge in [0, 0.05) is 24.8 Å². The molecular weight excluding hydrogens is 258 g/mol. The zero-order valence-electron chi connectivity index (χ0n) is 11.3. The molecule has 2 N–H and O–H groups in total. The van der Waals surface area contributed by atoms with Crippen molar-refractivity contribution in [1.29, 1.82) is 0 Å². The summed E-state index contributed by atoms with van der Waals surface area (Å²) in [5, 5.41) is 11.3. The number of amides is 1. The molecule has 19 heavy (non-hydrogen) atoms. The van der Waals surface area contributed by atoms with Crippen molar-refractivity contribution in [3.8, 4) is 0 Å². The summed E-state index contributed by atoms with van der Waals surface area (Å²) in [5.41, 5.74) is 0. The minimum absolute atomic E-state index is 0.0462. The van der Waals surface area contributed by atoms with E-state index < -0.39 is 42.6 Å². The Kier molecular flexibility index (Phi) is 4.84. The van der Waals surface area contributed by atoms with Crippen molar-refractivity contribution >= 4 is 11.9 Å². The van der Waals surface area contributed by atoms with E-state index in [4.69, 9.17) is 5.11 Å². The number of halogens is 2. The quantitative estimate of drug-likeness (QED) is 0.758. The molecule has 0 radical (unpaired) electrons. The van der Waals surface area contributed by atoms with E-state index in [-0.39, 0.29) is 12.6 Å². The van der Waals surface area contributed by atoms with E-state index in [1.807, 2.05) is 13.8 Å². The lowest BCUT2D eigenvalue weighted by molar-refractivity contribution is -0.156. The van der Waals surface area contributed by atoms with Crippen LogP contribution in [-0.2, 0) is 9.59 Å². The average Bonchev–Trinajstić information content (AvgIpc) is 2.21. The van der Waals surface area contributed by atoms with E-state index in [0.29, 0.717) is 0 Å². The zero-order valence-corrected chi connectivity index (χ0v) is 11.3. The molecule has 110 valence electrons. The predicted molar refractivity (Wildman–Crippen MR) is 65.0 cm³/mol. The van der Waals surface area contributed by atoms with E-state index in [1.54, 1.807) is 11.9 Å². The number of carboxylic acids is 1. The third kappa shape index (κ3) is 4.41. The second-order valence-corrected chi connectivity index (χ2v) is 5.42. The molecule has 0 bridgehead atoms. The Labute approximate surface area is 111 Å². The van der Waals surface area contributed by atoms with Gasteiger partial charge in [0.1, 0.15) is 6.04 Å². The highest BCUT2D eigenvalue weighted by atomic mass is 19.3. The molecule has 0 aromatic rings. The molecule has 0 saturated heterocycles. The Morgan fingerprint density at radius 3 is 2.32 bits per heavy atom. The molecular formula is C12H20F2N2O3. The van der Waals surface area contributed by atoms with Gasteiger partial charge in [0.25, 0.3) is 0 Å². The van der Waals surface area contributed by atoms with Gasteiger partial charge >= 0.3 is 5.97 Å². The van der Waals surface area contributed by atoms with Crippen molar-refractivity contribution < 1.29 is 23.5 Å². The van der Waals surface area contributed by atoms with Crippen molar-refractivity contribution in [3.63, 3.8) is 0 Å². The van der Waals surface area contributed by atoms with Crippen LogP contribution in [0.2, 0.25) is 0 Å². The molecule has 1 aliphatic carbocycles. The lowest BCUT2D eigenvalue weighted by Crippen LogP contribution is -2.55. The number of carbonyl (C=O) groups excluding carboxylic acids is 1. The molecule has 0 aromatic heterocycles. The highest BCUT2D eigenvalue weighted by Crippen LogP contribution is 2.44. The zero-order chi connectivity index (χ0) is 14.8. The largest absolute Gasteiger partial charge is 0.480 e. The molecule has 0 aromatic carbocycles. The fraction of sp³-hybridized carbons (Fsp3) is 0.833. The number of nitrogens with zero attached hydrogens (tertiary/aromatic N) is 1. The second-order valence-electron chi connectivity index (χ2n) is 5.42. The van der Waals surface area contributed by atoms with Crippen LogP contribution >= 0.6 is 0 Å². The molecule has 0 spiro atoms. The van der Waals surface area contributed by atoms with Gasteiger partial charge in [-0.15, -0.1) is 0 Å². The highest BCUT2D eigenvalue weighted by molar-refractivity contribution is 5.85. The van der Waals surface area contributed by atoms with Crippen molar-refractivity contribution in [1.82, 2.24) is 10.2 Å². The van der Waals surface area contributed by atoms with Crippen LogP contribution < -0.4 is 5.32 Å². The van der Waals surface area contributed by atoms with E-state index in [9.17, 15) is 18.4 Å². The number of carboxylic acid groups (broad SMARTS) is 1. The Morgan fingerprint density at radius 2 is 1.95 bits per heavy atom. The summed E-state index contributed by atoms with van der Waals surface area (Å²) in [5.74, 6) is -5.21. The summed E-state index contributed by atoms with van der Waals surface area (Å²) in [4.78, 5) is 24.4. The molecule has 0 heterocycles. The molecule has 1 saturated carbocycles. The Bertz CT molecular complexity index is 353. The molecule has 1 amide bonds. The van der Waals surface area contributed by atoms with Gasteiger partial charge in [0.15, 0.2) is 0 Å². The minimum Gasteiger partial charge on any atom is -0.480 e. The molecule has 0 aliphatic heterocycles. The number of nitrogens with one attached hydrogen (secondary N) is 1. The molecule has 7 heteroatoms. The van der Waals surface area contributed by atoms with Crippen molar-refractivity contribution in [2.75, 3.05) is 13.6 Å². The Hall–Kier alpha value is -1.24. The van der Waals surface area contributed by atoms with E-state index in [2.05, 4.69) is 5.32 Å². The van der Waals surface area contributed by atoms with Gasteiger partial charge in [-0.25, -0.2) is 13.6 Å². The number of hydrogen-bond donors (Lipinski definition) is 2. The highest BCUT2D eigenvalue weighted by Gasteiger charge is 2.50. The standard InChI is InChI=1S/C12H20F2N2O3/c1-7(2)16(3)6-9(17)15-10(11(18)19)8-4-12(13,14)5-8/h7-8,10H,4-6H2,1-3H3,(H,15,17)(H,18,19). The van der Waals surface area contributed by atoms with Gasteiger partial charge in [0.2, 0.25) is 11.8 Å². The van der Waals surface area contributed by atoms with E-state index in [1.165, 1.54) is 0 Å². The minimum atomic E-state index is -2.79. The normalized spacial score (nSPS) is 20.2. The summed E-state index contributed by atoms with van der Waals surface area (Å²) in [6, 6.07) is -1.09. The lowest BCUT2D eigenvalue weighted by atomic mass is 9.76. The van der Waals surface area contributed by atoms with Crippen LogP contribution in [0.15, 0.2) is 0 Å². The third-order valence-electron chi connectivity index (χ3n) is 3.45. The first-order valence-corrected chi connectivity index (χ1v) is 6.22. The number of aliphatic carboxylic acids is 1.